The average molecular weight is 271 g/mol. The van der Waals surface area contributed by atoms with E-state index >= 15 is 0 Å². The van der Waals surface area contributed by atoms with Crippen LogP contribution in [-0.2, 0) is 7.05 Å². The molecule has 0 atom stereocenters. The number of rotatable bonds is 4. The Hall–Kier alpha value is -1.91. The summed E-state index contributed by atoms with van der Waals surface area (Å²) in [4.78, 5) is 9.44. The molecule has 0 aromatic carbocycles. The number of hydrogen-bond donors (Lipinski definition) is 1. The van der Waals surface area contributed by atoms with Gasteiger partial charge in [-0.15, -0.1) is 0 Å². The molecule has 0 spiro atoms. The van der Waals surface area contributed by atoms with E-state index in [1.165, 1.54) is 12.8 Å². The fraction of sp³-hybridized carbons (Fsp3) is 0.533. The number of nitrogens with zero attached hydrogens (tertiary/aromatic N) is 4. The zero-order chi connectivity index (χ0) is 14.3. The van der Waals surface area contributed by atoms with Crippen molar-refractivity contribution in [3.63, 3.8) is 0 Å². The van der Waals surface area contributed by atoms with Gasteiger partial charge in [-0.05, 0) is 33.6 Å². The molecule has 0 unspecified atom stereocenters. The molecule has 5 nitrogen and oxygen atoms in total. The summed E-state index contributed by atoms with van der Waals surface area (Å²) in [6.45, 7) is 7.03. The van der Waals surface area contributed by atoms with E-state index in [9.17, 15) is 0 Å². The van der Waals surface area contributed by atoms with Crippen LogP contribution in [0.1, 0.15) is 42.8 Å². The van der Waals surface area contributed by atoms with Crippen molar-refractivity contribution in [2.45, 2.75) is 39.5 Å². The Morgan fingerprint density at radius 1 is 1.30 bits per heavy atom. The molecule has 0 radical (unpaired) electrons. The predicted molar refractivity (Wildman–Crippen MR) is 79.8 cm³/mol. The summed E-state index contributed by atoms with van der Waals surface area (Å²) in [6, 6.07) is 2.09. The topological polar surface area (TPSA) is 55.6 Å². The number of hydrogen-bond acceptors (Lipinski definition) is 4. The molecule has 106 valence electrons. The first-order valence-corrected chi connectivity index (χ1v) is 7.23. The number of aryl methyl sites for hydroxylation is 2. The first-order valence-electron chi connectivity index (χ1n) is 7.23. The van der Waals surface area contributed by atoms with Crippen LogP contribution in [0.4, 0.5) is 5.82 Å². The van der Waals surface area contributed by atoms with Crippen LogP contribution in [0, 0.1) is 13.8 Å². The Bertz CT molecular complexity index is 640. The number of anilines is 1. The quantitative estimate of drug-likeness (QED) is 0.929. The lowest BCUT2D eigenvalue weighted by Crippen LogP contribution is -2.04. The maximum Gasteiger partial charge on any atom is 0.165 e. The number of nitrogens with one attached hydrogen (secondary N) is 1. The fourth-order valence-electron chi connectivity index (χ4n) is 2.53. The van der Waals surface area contributed by atoms with Gasteiger partial charge in [0.25, 0.3) is 0 Å². The van der Waals surface area contributed by atoms with Crippen molar-refractivity contribution in [3.05, 3.63) is 23.1 Å². The van der Waals surface area contributed by atoms with Crippen LogP contribution in [-0.4, -0.2) is 26.3 Å². The van der Waals surface area contributed by atoms with Crippen LogP contribution in [0.5, 0.6) is 0 Å². The monoisotopic (exact) mass is 271 g/mol. The molecule has 2 heterocycles. The van der Waals surface area contributed by atoms with E-state index in [0.29, 0.717) is 5.92 Å². The van der Waals surface area contributed by atoms with Crippen LogP contribution in [0.25, 0.3) is 11.4 Å². The molecule has 0 amide bonds. The number of aromatic nitrogens is 4. The lowest BCUT2D eigenvalue weighted by Gasteiger charge is -2.09. The lowest BCUT2D eigenvalue weighted by atomic mass is 10.1. The normalized spacial score (nSPS) is 14.6. The smallest absolute Gasteiger partial charge is 0.165 e. The summed E-state index contributed by atoms with van der Waals surface area (Å²) in [5, 5.41) is 7.78. The molecule has 0 bridgehead atoms. The Morgan fingerprint density at radius 2 is 2.05 bits per heavy atom. The SMILES string of the molecule is CCNc1cc(C2CC2)nc(-c2c(C)nn(C)c2C)n1. The van der Waals surface area contributed by atoms with E-state index in [1.807, 2.05) is 18.7 Å². The Kier molecular flexibility index (Phi) is 3.20. The third kappa shape index (κ3) is 2.28. The molecular formula is C15H21N5. The van der Waals surface area contributed by atoms with E-state index < -0.39 is 0 Å². The van der Waals surface area contributed by atoms with Gasteiger partial charge in [-0.1, -0.05) is 0 Å². The van der Waals surface area contributed by atoms with Crippen LogP contribution >= 0.6 is 0 Å². The van der Waals surface area contributed by atoms with E-state index in [2.05, 4.69) is 35.3 Å². The molecule has 20 heavy (non-hydrogen) atoms. The van der Waals surface area contributed by atoms with E-state index in [0.717, 1.165) is 40.8 Å². The van der Waals surface area contributed by atoms with E-state index in [1.54, 1.807) is 0 Å². The first kappa shape index (κ1) is 13.1. The van der Waals surface area contributed by atoms with Gasteiger partial charge in [-0.25, -0.2) is 9.97 Å². The fourth-order valence-corrected chi connectivity index (χ4v) is 2.53. The van der Waals surface area contributed by atoms with Crippen molar-refractivity contribution in [1.29, 1.82) is 0 Å². The first-order chi connectivity index (χ1) is 9.60. The van der Waals surface area contributed by atoms with Gasteiger partial charge in [0.2, 0.25) is 0 Å². The molecule has 3 rings (SSSR count). The summed E-state index contributed by atoms with van der Waals surface area (Å²) in [7, 11) is 1.96. The molecule has 1 saturated carbocycles. The van der Waals surface area contributed by atoms with Gasteiger partial charge in [-0.3, -0.25) is 4.68 Å². The highest BCUT2D eigenvalue weighted by molar-refractivity contribution is 5.63. The largest absolute Gasteiger partial charge is 0.370 e. The summed E-state index contributed by atoms with van der Waals surface area (Å²) in [6.07, 6.45) is 2.49. The summed E-state index contributed by atoms with van der Waals surface area (Å²) in [5.41, 5.74) is 4.32. The van der Waals surface area contributed by atoms with Gasteiger partial charge in [0.05, 0.1) is 11.3 Å². The second-order valence-corrected chi connectivity index (χ2v) is 5.48. The van der Waals surface area contributed by atoms with Gasteiger partial charge in [0.1, 0.15) is 5.82 Å². The third-order valence-electron chi connectivity index (χ3n) is 3.83. The minimum absolute atomic E-state index is 0.617. The van der Waals surface area contributed by atoms with Crippen molar-refractivity contribution in [2.24, 2.45) is 7.05 Å². The van der Waals surface area contributed by atoms with Crippen molar-refractivity contribution < 1.29 is 0 Å². The zero-order valence-corrected chi connectivity index (χ0v) is 12.6. The predicted octanol–water partition coefficient (Wildman–Crippen LogP) is 2.80. The standard InChI is InChI=1S/C15H21N5/c1-5-16-13-8-12(11-6-7-11)17-15(18-13)14-9(2)19-20(4)10(14)3/h8,11H,5-7H2,1-4H3,(H,16,17,18). The van der Waals surface area contributed by atoms with Crippen LogP contribution in [0.15, 0.2) is 6.07 Å². The molecule has 1 aliphatic rings. The summed E-state index contributed by atoms with van der Waals surface area (Å²) in [5.74, 6) is 2.34. The van der Waals surface area contributed by atoms with Crippen molar-refractivity contribution in [1.82, 2.24) is 19.7 Å². The maximum absolute atomic E-state index is 4.78. The van der Waals surface area contributed by atoms with Gasteiger partial charge in [0, 0.05) is 37.0 Å². The molecular weight excluding hydrogens is 250 g/mol. The third-order valence-corrected chi connectivity index (χ3v) is 3.83. The molecule has 2 aromatic rings. The Morgan fingerprint density at radius 3 is 2.60 bits per heavy atom. The molecule has 0 saturated heterocycles. The second-order valence-electron chi connectivity index (χ2n) is 5.48. The second kappa shape index (κ2) is 4.89. The highest BCUT2D eigenvalue weighted by Crippen LogP contribution is 2.40. The van der Waals surface area contributed by atoms with Gasteiger partial charge in [-0.2, -0.15) is 5.10 Å². The highest BCUT2D eigenvalue weighted by Gasteiger charge is 2.27. The minimum Gasteiger partial charge on any atom is -0.370 e. The highest BCUT2D eigenvalue weighted by atomic mass is 15.3. The Labute approximate surface area is 119 Å². The molecule has 2 aromatic heterocycles. The molecule has 0 aliphatic heterocycles. The average Bonchev–Trinajstić information content (AvgIpc) is 3.19. The zero-order valence-electron chi connectivity index (χ0n) is 12.6. The van der Waals surface area contributed by atoms with Crippen molar-refractivity contribution >= 4 is 5.82 Å². The summed E-state index contributed by atoms with van der Waals surface area (Å²) < 4.78 is 1.89. The molecule has 1 fully saturated rings. The maximum atomic E-state index is 4.78. The van der Waals surface area contributed by atoms with Gasteiger partial charge in [0.15, 0.2) is 5.82 Å². The molecule has 1 aliphatic carbocycles. The van der Waals surface area contributed by atoms with Crippen molar-refractivity contribution in [3.8, 4) is 11.4 Å². The minimum atomic E-state index is 0.617. The molecule has 1 N–H and O–H groups in total. The van der Waals surface area contributed by atoms with Crippen LogP contribution in [0.2, 0.25) is 0 Å². The van der Waals surface area contributed by atoms with Gasteiger partial charge < -0.3 is 5.32 Å². The van der Waals surface area contributed by atoms with E-state index in [4.69, 9.17) is 4.98 Å². The molecule has 5 heteroatoms. The summed E-state index contributed by atoms with van der Waals surface area (Å²) >= 11 is 0. The van der Waals surface area contributed by atoms with Gasteiger partial charge >= 0.3 is 0 Å². The van der Waals surface area contributed by atoms with Crippen molar-refractivity contribution in [2.75, 3.05) is 11.9 Å². The van der Waals surface area contributed by atoms with E-state index in [-0.39, 0.29) is 0 Å². The Balaban J connectivity index is 2.11. The lowest BCUT2D eigenvalue weighted by molar-refractivity contribution is 0.731. The van der Waals surface area contributed by atoms with Crippen LogP contribution in [0.3, 0.4) is 0 Å². The van der Waals surface area contributed by atoms with Crippen LogP contribution < -0.4 is 5.32 Å².